The molecule has 32 heavy (non-hydrogen) atoms. The van der Waals surface area contributed by atoms with Crippen LogP contribution in [0.1, 0.15) is 21.5 Å². The number of carbonyl (C=O) groups excluding carboxylic acids is 2. The summed E-state index contributed by atoms with van der Waals surface area (Å²) in [4.78, 5) is 37.3. The summed E-state index contributed by atoms with van der Waals surface area (Å²) >= 11 is 0. The van der Waals surface area contributed by atoms with E-state index in [0.29, 0.717) is 11.1 Å². The van der Waals surface area contributed by atoms with E-state index in [1.807, 2.05) is 0 Å². The summed E-state index contributed by atoms with van der Waals surface area (Å²) in [5.41, 5.74) is 0.802. The van der Waals surface area contributed by atoms with Crippen LogP contribution in [-0.2, 0) is 16.0 Å². The number of hydrogen-bond acceptors (Lipinski definition) is 3. The van der Waals surface area contributed by atoms with Crippen LogP contribution in [-0.4, -0.2) is 28.9 Å². The Morgan fingerprint density at radius 2 is 1.47 bits per heavy atom. The van der Waals surface area contributed by atoms with Crippen molar-refractivity contribution in [2.75, 3.05) is 0 Å². The number of carboxylic acids is 1. The Hall–Kier alpha value is -4.26. The van der Waals surface area contributed by atoms with Gasteiger partial charge in [-0.05, 0) is 29.8 Å². The van der Waals surface area contributed by atoms with Crippen LogP contribution >= 0.6 is 0 Å². The average Bonchev–Trinajstić information content (AvgIpc) is 2.80. The first-order valence-corrected chi connectivity index (χ1v) is 9.84. The van der Waals surface area contributed by atoms with Gasteiger partial charge >= 0.3 is 5.97 Å². The molecule has 0 radical (unpaired) electrons. The van der Waals surface area contributed by atoms with Crippen molar-refractivity contribution in [2.45, 2.75) is 12.5 Å². The van der Waals surface area contributed by atoms with Crippen molar-refractivity contribution < 1.29 is 23.9 Å². The third-order valence-electron chi connectivity index (χ3n) is 4.62. The lowest BCUT2D eigenvalue weighted by atomic mass is 10.1. The van der Waals surface area contributed by atoms with Gasteiger partial charge in [-0.15, -0.1) is 0 Å². The zero-order valence-electron chi connectivity index (χ0n) is 17.0. The highest BCUT2D eigenvalue weighted by Gasteiger charge is 2.23. The molecular weight excluding hydrogens is 411 g/mol. The number of halogens is 1. The van der Waals surface area contributed by atoms with Gasteiger partial charge in [0.1, 0.15) is 17.6 Å². The molecule has 0 aliphatic heterocycles. The monoisotopic (exact) mass is 432 g/mol. The third-order valence-corrected chi connectivity index (χ3v) is 4.62. The molecule has 162 valence electrons. The highest BCUT2D eigenvalue weighted by molar-refractivity contribution is 6.06. The van der Waals surface area contributed by atoms with Crippen LogP contribution in [0.2, 0.25) is 0 Å². The molecular formula is C25H21FN2O4. The number of carboxylic acid groups (broad SMARTS) is 1. The van der Waals surface area contributed by atoms with Crippen LogP contribution in [0, 0.1) is 5.82 Å². The van der Waals surface area contributed by atoms with Crippen molar-refractivity contribution in [3.8, 4) is 0 Å². The third kappa shape index (κ3) is 6.12. The fraction of sp³-hybridized carbons (Fsp3) is 0.0800. The van der Waals surface area contributed by atoms with Gasteiger partial charge in [0.05, 0.1) is 0 Å². The zero-order valence-corrected chi connectivity index (χ0v) is 17.0. The summed E-state index contributed by atoms with van der Waals surface area (Å²) in [5, 5.41) is 14.5. The molecule has 3 rings (SSSR count). The van der Waals surface area contributed by atoms with Crippen molar-refractivity contribution in [1.29, 1.82) is 0 Å². The van der Waals surface area contributed by atoms with Crippen LogP contribution in [0.3, 0.4) is 0 Å². The molecule has 3 aromatic rings. The number of nitrogens with one attached hydrogen (secondary N) is 2. The first-order valence-electron chi connectivity index (χ1n) is 9.84. The van der Waals surface area contributed by atoms with Gasteiger partial charge in [0.15, 0.2) is 0 Å². The number of amides is 2. The van der Waals surface area contributed by atoms with E-state index in [9.17, 15) is 23.9 Å². The summed E-state index contributed by atoms with van der Waals surface area (Å²) < 4.78 is 14.2. The number of hydrogen-bond donors (Lipinski definition) is 3. The van der Waals surface area contributed by atoms with Crippen molar-refractivity contribution in [2.24, 2.45) is 0 Å². The second-order valence-electron chi connectivity index (χ2n) is 6.95. The second-order valence-corrected chi connectivity index (χ2v) is 6.95. The van der Waals surface area contributed by atoms with E-state index in [4.69, 9.17) is 0 Å². The molecule has 7 heteroatoms. The van der Waals surface area contributed by atoms with E-state index in [0.717, 1.165) is 0 Å². The van der Waals surface area contributed by atoms with Crippen molar-refractivity contribution >= 4 is 23.9 Å². The largest absolute Gasteiger partial charge is 0.480 e. The molecule has 6 nitrogen and oxygen atoms in total. The van der Waals surface area contributed by atoms with Crippen LogP contribution in [0.25, 0.3) is 6.08 Å². The van der Waals surface area contributed by atoms with Crippen LogP contribution in [0.5, 0.6) is 0 Å². The normalized spacial score (nSPS) is 12.0. The lowest BCUT2D eigenvalue weighted by Gasteiger charge is -2.17. The summed E-state index contributed by atoms with van der Waals surface area (Å²) in [6.07, 6.45) is 1.22. The van der Waals surface area contributed by atoms with Crippen LogP contribution < -0.4 is 10.6 Å². The molecule has 0 aromatic heterocycles. The smallest absolute Gasteiger partial charge is 0.326 e. The van der Waals surface area contributed by atoms with E-state index in [-0.39, 0.29) is 17.7 Å². The van der Waals surface area contributed by atoms with Crippen LogP contribution in [0.4, 0.5) is 4.39 Å². The maximum atomic E-state index is 14.2. The lowest BCUT2D eigenvalue weighted by Crippen LogP contribution is -2.45. The Kier molecular flexibility index (Phi) is 7.48. The molecule has 3 N–H and O–H groups in total. The minimum atomic E-state index is -1.25. The summed E-state index contributed by atoms with van der Waals surface area (Å²) in [6, 6.07) is 21.5. The number of carbonyl (C=O) groups is 3. The molecule has 0 fully saturated rings. The van der Waals surface area contributed by atoms with Gasteiger partial charge in [0.25, 0.3) is 11.8 Å². The highest BCUT2D eigenvalue weighted by Crippen LogP contribution is 2.12. The van der Waals surface area contributed by atoms with Gasteiger partial charge in [0, 0.05) is 17.5 Å². The molecule has 0 heterocycles. The predicted octanol–water partition coefficient (Wildman–Crippen LogP) is 3.41. The van der Waals surface area contributed by atoms with E-state index in [1.165, 1.54) is 24.3 Å². The van der Waals surface area contributed by atoms with Crippen LogP contribution in [0.15, 0.2) is 90.6 Å². The Morgan fingerprint density at radius 3 is 2.09 bits per heavy atom. The van der Waals surface area contributed by atoms with Crippen molar-refractivity contribution in [3.63, 3.8) is 0 Å². The summed E-state index contributed by atoms with van der Waals surface area (Å²) in [6.45, 7) is 0. The summed E-state index contributed by atoms with van der Waals surface area (Å²) in [5.74, 6) is -3.26. The quantitative estimate of drug-likeness (QED) is 0.476. The minimum Gasteiger partial charge on any atom is -0.480 e. The van der Waals surface area contributed by atoms with Gasteiger partial charge in [-0.3, -0.25) is 9.59 Å². The zero-order chi connectivity index (χ0) is 22.9. The SMILES string of the molecule is O=C(N[C@H](Cc1ccccc1)C(=O)O)/C(=C\c1ccccc1F)NC(=O)c1ccccc1. The fourth-order valence-electron chi connectivity index (χ4n) is 2.98. The van der Waals surface area contributed by atoms with Gasteiger partial charge < -0.3 is 15.7 Å². The maximum Gasteiger partial charge on any atom is 0.326 e. The fourth-order valence-corrected chi connectivity index (χ4v) is 2.98. The van der Waals surface area contributed by atoms with Crippen molar-refractivity contribution in [3.05, 3.63) is 113 Å². The van der Waals surface area contributed by atoms with Gasteiger partial charge in [-0.25, -0.2) is 9.18 Å². The van der Waals surface area contributed by atoms with E-state index >= 15 is 0 Å². The first kappa shape index (κ1) is 22.4. The molecule has 0 unspecified atom stereocenters. The van der Waals surface area contributed by atoms with Gasteiger partial charge in [0.2, 0.25) is 0 Å². The first-order chi connectivity index (χ1) is 15.4. The van der Waals surface area contributed by atoms with E-state index < -0.39 is 29.6 Å². The molecule has 0 saturated carbocycles. The number of rotatable bonds is 8. The topological polar surface area (TPSA) is 95.5 Å². The lowest BCUT2D eigenvalue weighted by molar-refractivity contribution is -0.141. The molecule has 0 saturated heterocycles. The Bertz CT molecular complexity index is 1130. The number of benzene rings is 3. The average molecular weight is 432 g/mol. The Balaban J connectivity index is 1.87. The molecule has 0 spiro atoms. The molecule has 0 aliphatic rings. The van der Waals surface area contributed by atoms with E-state index in [2.05, 4.69) is 10.6 Å². The summed E-state index contributed by atoms with van der Waals surface area (Å²) in [7, 11) is 0. The second kappa shape index (κ2) is 10.7. The molecule has 3 aromatic carbocycles. The standard InChI is InChI=1S/C25H21FN2O4/c26-20-14-8-7-13-19(20)16-21(27-23(29)18-11-5-2-6-12-18)24(30)28-22(25(31)32)15-17-9-3-1-4-10-17/h1-14,16,22H,15H2,(H,27,29)(H,28,30)(H,31,32)/b21-16+/t22-/m1/s1. The number of aliphatic carboxylic acids is 1. The maximum absolute atomic E-state index is 14.2. The van der Waals surface area contributed by atoms with Gasteiger partial charge in [-0.1, -0.05) is 66.7 Å². The Morgan fingerprint density at radius 1 is 0.875 bits per heavy atom. The predicted molar refractivity (Wildman–Crippen MR) is 118 cm³/mol. The molecule has 0 aliphatic carbocycles. The molecule has 1 atom stereocenters. The minimum absolute atomic E-state index is 0.0432. The molecule has 2 amide bonds. The van der Waals surface area contributed by atoms with Gasteiger partial charge in [-0.2, -0.15) is 0 Å². The highest BCUT2D eigenvalue weighted by atomic mass is 19.1. The molecule has 0 bridgehead atoms. The van der Waals surface area contributed by atoms with Crippen molar-refractivity contribution in [1.82, 2.24) is 10.6 Å². The Labute approximate surface area is 184 Å². The van der Waals surface area contributed by atoms with E-state index in [1.54, 1.807) is 66.7 Å².